The molecule has 1 N–H and O–H groups in total. The molecule has 6 heteroatoms. The van der Waals surface area contributed by atoms with Crippen molar-refractivity contribution in [3.63, 3.8) is 0 Å². The average Bonchev–Trinajstić information content (AvgIpc) is 2.79. The number of aliphatic hydroxyl groups is 1. The predicted octanol–water partition coefficient (Wildman–Crippen LogP) is 6.84. The third kappa shape index (κ3) is 5.13. The Morgan fingerprint density at radius 2 is 1.48 bits per heavy atom. The van der Waals surface area contributed by atoms with Crippen LogP contribution in [-0.2, 0) is 14.4 Å². The fourth-order valence-corrected chi connectivity index (χ4v) is 4.02. The van der Waals surface area contributed by atoms with Gasteiger partial charge in [0.15, 0.2) is 6.10 Å². The minimum absolute atomic E-state index is 0.149. The van der Waals surface area contributed by atoms with Crippen LogP contribution in [-0.4, -0.2) is 16.7 Å². The number of esters is 1. The molecule has 1 aliphatic rings. The molecule has 1 aliphatic heterocycles. The molecular formula is C27H26BrNO4. The summed E-state index contributed by atoms with van der Waals surface area (Å²) in [6.07, 6.45) is -0.861. The second kappa shape index (κ2) is 9.41. The van der Waals surface area contributed by atoms with E-state index in [4.69, 9.17) is 9.57 Å². The lowest BCUT2D eigenvalue weighted by molar-refractivity contribution is -0.152. The molecule has 0 bridgehead atoms. The van der Waals surface area contributed by atoms with E-state index in [9.17, 15) is 9.90 Å². The number of hydrogen-bond acceptors (Lipinski definition) is 5. The van der Waals surface area contributed by atoms with Gasteiger partial charge in [0, 0.05) is 4.47 Å². The second-order valence-corrected chi connectivity index (χ2v) is 9.73. The molecule has 2 atom stereocenters. The lowest BCUT2D eigenvalue weighted by Crippen LogP contribution is -2.41. The molecule has 0 aliphatic carbocycles. The summed E-state index contributed by atoms with van der Waals surface area (Å²) in [6, 6.07) is 25.7. The number of para-hydroxylation sites is 1. The first-order chi connectivity index (χ1) is 15.7. The van der Waals surface area contributed by atoms with E-state index in [0.29, 0.717) is 0 Å². The Bertz CT molecular complexity index is 1140. The number of rotatable bonds is 4. The maximum Gasteiger partial charge on any atom is 0.340 e. The zero-order chi connectivity index (χ0) is 23.6. The number of halogens is 1. The molecular weight excluding hydrogens is 482 g/mol. The number of ether oxygens (including phenoxy) is 1. The highest BCUT2D eigenvalue weighted by atomic mass is 79.9. The number of aliphatic hydroxyl groups excluding tert-OH is 1. The van der Waals surface area contributed by atoms with Crippen LogP contribution in [0.15, 0.2) is 101 Å². The first kappa shape index (κ1) is 23.1. The van der Waals surface area contributed by atoms with Crippen molar-refractivity contribution in [3.8, 4) is 0 Å². The summed E-state index contributed by atoms with van der Waals surface area (Å²) in [6.45, 7) is 5.42. The monoisotopic (exact) mass is 507 g/mol. The number of hydrogen-bond donors (Lipinski definition) is 1. The van der Waals surface area contributed by atoms with Gasteiger partial charge < -0.3 is 9.84 Å². The van der Waals surface area contributed by atoms with Gasteiger partial charge in [-0.3, -0.25) is 4.84 Å². The van der Waals surface area contributed by atoms with Crippen molar-refractivity contribution in [2.24, 2.45) is 0 Å². The van der Waals surface area contributed by atoms with E-state index < -0.39 is 23.7 Å². The molecule has 0 unspecified atom stereocenters. The third-order valence-corrected chi connectivity index (χ3v) is 5.70. The summed E-state index contributed by atoms with van der Waals surface area (Å²) in [5.41, 5.74) is 1.68. The van der Waals surface area contributed by atoms with Crippen molar-refractivity contribution < 1.29 is 19.5 Å². The van der Waals surface area contributed by atoms with Crippen LogP contribution in [0.5, 0.6) is 0 Å². The Hall–Kier alpha value is -3.09. The van der Waals surface area contributed by atoms with Gasteiger partial charge in [0.2, 0.25) is 0 Å². The van der Waals surface area contributed by atoms with Gasteiger partial charge in [-0.25, -0.2) is 9.86 Å². The lowest BCUT2D eigenvalue weighted by Gasteiger charge is -2.41. The van der Waals surface area contributed by atoms with Crippen molar-refractivity contribution >= 4 is 27.6 Å². The number of nitrogens with zero attached hydrogens (tertiary/aromatic N) is 1. The standard InChI is InChI=1S/C27H26BrNO4/c1-27(2,3)32-26(31)22-23(18-14-16-20(28)17-15-18)29(21-12-8-5-9-13-21)33-25(24(22)30)19-10-6-4-7-11-19/h4-17,23,25,30H,1-3H3/t23-,25+/m0/s1. The Labute approximate surface area is 202 Å². The van der Waals surface area contributed by atoms with Crippen LogP contribution in [0.2, 0.25) is 0 Å². The molecule has 170 valence electrons. The highest BCUT2D eigenvalue weighted by Gasteiger charge is 2.43. The van der Waals surface area contributed by atoms with E-state index >= 15 is 0 Å². The largest absolute Gasteiger partial charge is 0.508 e. The Kier molecular flexibility index (Phi) is 6.58. The molecule has 0 radical (unpaired) electrons. The lowest BCUT2D eigenvalue weighted by atomic mass is 9.92. The zero-order valence-corrected chi connectivity index (χ0v) is 20.3. The van der Waals surface area contributed by atoms with Crippen LogP contribution in [0, 0.1) is 0 Å². The number of hydroxylamine groups is 1. The molecule has 33 heavy (non-hydrogen) atoms. The summed E-state index contributed by atoms with van der Waals surface area (Å²) >= 11 is 3.47. The molecule has 5 nitrogen and oxygen atoms in total. The maximum absolute atomic E-state index is 13.5. The summed E-state index contributed by atoms with van der Waals surface area (Å²) in [5.74, 6) is -0.742. The van der Waals surface area contributed by atoms with Crippen LogP contribution in [0.3, 0.4) is 0 Å². The quantitative estimate of drug-likeness (QED) is 0.391. The molecule has 0 spiro atoms. The van der Waals surface area contributed by atoms with Crippen LogP contribution < -0.4 is 5.06 Å². The summed E-state index contributed by atoms with van der Waals surface area (Å²) < 4.78 is 6.65. The average molecular weight is 508 g/mol. The molecule has 0 aromatic heterocycles. The van der Waals surface area contributed by atoms with E-state index in [1.54, 1.807) is 25.8 Å². The van der Waals surface area contributed by atoms with Gasteiger partial charge in [-0.05, 0) is 56.2 Å². The number of anilines is 1. The minimum atomic E-state index is -0.861. The highest BCUT2D eigenvalue weighted by Crippen LogP contribution is 2.45. The SMILES string of the molecule is CC(C)(C)OC(=O)C1=C(O)[C@@H](c2ccccc2)ON(c2ccccc2)[C@H]1c1ccc(Br)cc1. The van der Waals surface area contributed by atoms with Gasteiger partial charge in [-0.15, -0.1) is 0 Å². The van der Waals surface area contributed by atoms with Crippen molar-refractivity contribution in [1.82, 2.24) is 0 Å². The van der Waals surface area contributed by atoms with Gasteiger partial charge in [-0.2, -0.15) is 0 Å². The fourth-order valence-electron chi connectivity index (χ4n) is 3.75. The second-order valence-electron chi connectivity index (χ2n) is 8.81. The Morgan fingerprint density at radius 1 is 0.909 bits per heavy atom. The molecule has 4 rings (SSSR count). The van der Waals surface area contributed by atoms with Crippen LogP contribution >= 0.6 is 15.9 Å². The van der Waals surface area contributed by atoms with Gasteiger partial charge in [0.1, 0.15) is 23.0 Å². The molecule has 0 saturated carbocycles. The van der Waals surface area contributed by atoms with E-state index in [0.717, 1.165) is 21.3 Å². The third-order valence-electron chi connectivity index (χ3n) is 5.17. The Morgan fingerprint density at radius 3 is 2.06 bits per heavy atom. The summed E-state index contributed by atoms with van der Waals surface area (Å²) in [4.78, 5) is 19.9. The first-order valence-corrected chi connectivity index (χ1v) is 11.5. The topological polar surface area (TPSA) is 59.0 Å². The van der Waals surface area contributed by atoms with E-state index in [1.807, 2.05) is 84.9 Å². The van der Waals surface area contributed by atoms with Gasteiger partial charge in [-0.1, -0.05) is 76.6 Å². The van der Waals surface area contributed by atoms with Crippen LogP contribution in [0.25, 0.3) is 0 Å². The number of carbonyl (C=O) groups is 1. The van der Waals surface area contributed by atoms with Gasteiger partial charge in [0.25, 0.3) is 0 Å². The van der Waals surface area contributed by atoms with Gasteiger partial charge >= 0.3 is 5.97 Å². The minimum Gasteiger partial charge on any atom is -0.508 e. The predicted molar refractivity (Wildman–Crippen MR) is 132 cm³/mol. The fraction of sp³-hybridized carbons (Fsp3) is 0.222. The van der Waals surface area contributed by atoms with Crippen molar-refractivity contribution in [1.29, 1.82) is 0 Å². The Balaban J connectivity index is 1.93. The number of benzene rings is 3. The highest BCUT2D eigenvalue weighted by molar-refractivity contribution is 9.10. The van der Waals surface area contributed by atoms with E-state index in [1.165, 1.54) is 0 Å². The van der Waals surface area contributed by atoms with Gasteiger partial charge in [0.05, 0.1) is 5.69 Å². The van der Waals surface area contributed by atoms with Crippen LogP contribution in [0.4, 0.5) is 5.69 Å². The van der Waals surface area contributed by atoms with Crippen molar-refractivity contribution in [2.75, 3.05) is 5.06 Å². The zero-order valence-electron chi connectivity index (χ0n) is 18.7. The summed E-state index contributed by atoms with van der Waals surface area (Å²) in [7, 11) is 0. The first-order valence-electron chi connectivity index (χ1n) is 10.7. The molecule has 0 fully saturated rings. The van der Waals surface area contributed by atoms with E-state index in [-0.39, 0.29) is 11.3 Å². The van der Waals surface area contributed by atoms with Crippen molar-refractivity contribution in [2.45, 2.75) is 38.5 Å². The smallest absolute Gasteiger partial charge is 0.340 e. The van der Waals surface area contributed by atoms with E-state index in [2.05, 4.69) is 15.9 Å². The molecule has 3 aromatic rings. The molecule has 0 saturated heterocycles. The molecule has 0 amide bonds. The normalized spacial score (nSPS) is 18.8. The number of carbonyl (C=O) groups excluding carboxylic acids is 1. The van der Waals surface area contributed by atoms with Crippen molar-refractivity contribution in [3.05, 3.63) is 112 Å². The molecule has 3 aromatic carbocycles. The summed E-state index contributed by atoms with van der Waals surface area (Å²) in [5, 5.41) is 13.1. The molecule has 1 heterocycles. The maximum atomic E-state index is 13.5. The van der Waals surface area contributed by atoms with Crippen LogP contribution in [0.1, 0.15) is 44.0 Å².